The summed E-state index contributed by atoms with van der Waals surface area (Å²) in [4.78, 5) is 10.8. The van der Waals surface area contributed by atoms with Crippen LogP contribution in [0.3, 0.4) is 0 Å². The lowest BCUT2D eigenvalue weighted by molar-refractivity contribution is -0.269. The topological polar surface area (TPSA) is 29.1 Å². The molecule has 0 saturated carbocycles. The third kappa shape index (κ3) is 3.18. The molecule has 1 aromatic carbocycles. The van der Waals surface area contributed by atoms with Crippen LogP contribution in [0.5, 0.6) is 0 Å². The SMILES string of the molecule is O=C(NCc1ccccc1Br)C(F)(F)C(F)(F)F. The first-order chi connectivity index (χ1) is 8.16. The molecule has 0 aliphatic rings. The number of benzene rings is 1. The Labute approximate surface area is 107 Å². The summed E-state index contributed by atoms with van der Waals surface area (Å²) in [6, 6.07) is 6.26. The van der Waals surface area contributed by atoms with Crippen molar-refractivity contribution in [3.63, 3.8) is 0 Å². The van der Waals surface area contributed by atoms with Crippen molar-refractivity contribution in [2.45, 2.75) is 18.6 Å². The average Bonchev–Trinajstić information content (AvgIpc) is 2.26. The standard InChI is InChI=1S/C10H7BrF5NO/c11-7-4-2-1-3-6(7)5-17-8(18)9(12,13)10(14,15)16/h1-4H,5H2,(H,17,18). The van der Waals surface area contributed by atoms with Gasteiger partial charge in [-0.1, -0.05) is 34.1 Å². The molecule has 1 aromatic rings. The average molecular weight is 332 g/mol. The van der Waals surface area contributed by atoms with Gasteiger partial charge in [0.2, 0.25) is 0 Å². The Morgan fingerprint density at radius 1 is 1.17 bits per heavy atom. The minimum atomic E-state index is -5.90. The molecule has 0 atom stereocenters. The maximum atomic E-state index is 12.6. The molecular formula is C10H7BrF5NO. The van der Waals surface area contributed by atoms with Gasteiger partial charge in [-0.25, -0.2) is 0 Å². The van der Waals surface area contributed by atoms with Gasteiger partial charge < -0.3 is 5.32 Å². The van der Waals surface area contributed by atoms with Crippen molar-refractivity contribution in [1.29, 1.82) is 0 Å². The number of rotatable bonds is 3. The molecule has 0 aromatic heterocycles. The number of carbonyl (C=O) groups excluding carboxylic acids is 1. The van der Waals surface area contributed by atoms with Gasteiger partial charge in [0.1, 0.15) is 0 Å². The van der Waals surface area contributed by atoms with E-state index >= 15 is 0 Å². The molecule has 8 heteroatoms. The van der Waals surface area contributed by atoms with Crippen LogP contribution in [0.25, 0.3) is 0 Å². The van der Waals surface area contributed by atoms with Crippen LogP contribution >= 0.6 is 15.9 Å². The fraction of sp³-hybridized carbons (Fsp3) is 0.300. The first kappa shape index (κ1) is 14.9. The van der Waals surface area contributed by atoms with E-state index in [9.17, 15) is 26.7 Å². The molecule has 18 heavy (non-hydrogen) atoms. The van der Waals surface area contributed by atoms with Crippen LogP contribution in [0.15, 0.2) is 28.7 Å². The molecule has 0 heterocycles. The molecule has 0 aliphatic carbocycles. The summed E-state index contributed by atoms with van der Waals surface area (Å²) in [5, 5.41) is 1.55. The highest BCUT2D eigenvalue weighted by atomic mass is 79.9. The van der Waals surface area contributed by atoms with Crippen LogP contribution in [0.2, 0.25) is 0 Å². The van der Waals surface area contributed by atoms with Crippen LogP contribution < -0.4 is 5.32 Å². The van der Waals surface area contributed by atoms with Gasteiger partial charge in [0.15, 0.2) is 0 Å². The second kappa shape index (κ2) is 5.21. The third-order valence-corrected chi connectivity index (χ3v) is 2.81. The van der Waals surface area contributed by atoms with Crippen LogP contribution in [0, 0.1) is 0 Å². The molecule has 0 saturated heterocycles. The van der Waals surface area contributed by atoms with E-state index in [1.807, 2.05) is 0 Å². The Morgan fingerprint density at radius 3 is 2.22 bits per heavy atom. The van der Waals surface area contributed by atoms with Crippen molar-refractivity contribution in [2.75, 3.05) is 0 Å². The largest absolute Gasteiger partial charge is 0.463 e. The van der Waals surface area contributed by atoms with Crippen molar-refractivity contribution < 1.29 is 26.7 Å². The Bertz CT molecular complexity index is 446. The van der Waals surface area contributed by atoms with Crippen LogP contribution in [-0.2, 0) is 11.3 Å². The van der Waals surface area contributed by atoms with Crippen molar-refractivity contribution in [3.05, 3.63) is 34.3 Å². The molecule has 0 fully saturated rings. The molecule has 0 bridgehead atoms. The smallest absolute Gasteiger partial charge is 0.346 e. The maximum absolute atomic E-state index is 12.6. The number of amides is 1. The lowest BCUT2D eigenvalue weighted by Gasteiger charge is -2.18. The fourth-order valence-electron chi connectivity index (χ4n) is 1.06. The van der Waals surface area contributed by atoms with Gasteiger partial charge in [0.25, 0.3) is 0 Å². The Hall–Kier alpha value is -1.18. The molecule has 0 aliphatic heterocycles. The van der Waals surface area contributed by atoms with Gasteiger partial charge in [-0.2, -0.15) is 22.0 Å². The third-order valence-electron chi connectivity index (χ3n) is 2.04. The Morgan fingerprint density at radius 2 is 1.72 bits per heavy atom. The lowest BCUT2D eigenvalue weighted by atomic mass is 10.2. The van der Waals surface area contributed by atoms with E-state index < -0.39 is 24.6 Å². The fourth-order valence-corrected chi connectivity index (χ4v) is 1.48. The molecule has 1 N–H and O–H groups in total. The lowest BCUT2D eigenvalue weighted by Crippen LogP contribution is -2.50. The summed E-state index contributed by atoms with van der Waals surface area (Å²) in [7, 11) is 0. The van der Waals surface area contributed by atoms with E-state index in [2.05, 4.69) is 15.9 Å². The second-order valence-corrected chi connectivity index (χ2v) is 4.20. The van der Waals surface area contributed by atoms with Crippen molar-refractivity contribution in [3.8, 4) is 0 Å². The minimum absolute atomic E-state index is 0.392. The van der Waals surface area contributed by atoms with Gasteiger partial charge in [0.05, 0.1) is 0 Å². The number of hydrogen-bond donors (Lipinski definition) is 1. The zero-order valence-corrected chi connectivity index (χ0v) is 10.3. The summed E-state index contributed by atoms with van der Waals surface area (Å²) in [6.45, 7) is -0.425. The molecule has 0 radical (unpaired) electrons. The summed E-state index contributed by atoms with van der Waals surface area (Å²) in [6.07, 6.45) is -5.90. The predicted octanol–water partition coefficient (Wildman–Crippen LogP) is 3.26. The van der Waals surface area contributed by atoms with Gasteiger partial charge in [-0.05, 0) is 11.6 Å². The molecule has 0 unspecified atom stereocenters. The van der Waals surface area contributed by atoms with Gasteiger partial charge >= 0.3 is 18.0 Å². The first-order valence-corrected chi connectivity index (χ1v) is 5.42. The summed E-state index contributed by atoms with van der Waals surface area (Å²) < 4.78 is 61.3. The molecular weight excluding hydrogens is 325 g/mol. The van der Waals surface area contributed by atoms with Crippen LogP contribution in [0.1, 0.15) is 5.56 Å². The van der Waals surface area contributed by atoms with Crippen molar-refractivity contribution >= 4 is 21.8 Å². The van der Waals surface area contributed by atoms with Crippen molar-refractivity contribution in [2.24, 2.45) is 0 Å². The van der Waals surface area contributed by atoms with Gasteiger partial charge in [-0.3, -0.25) is 4.79 Å². The van der Waals surface area contributed by atoms with E-state index in [-0.39, 0.29) is 0 Å². The Kier molecular flexibility index (Phi) is 4.31. The van der Waals surface area contributed by atoms with E-state index in [0.717, 1.165) is 0 Å². The summed E-state index contributed by atoms with van der Waals surface area (Å²) in [5.41, 5.74) is 0.392. The normalized spacial score (nSPS) is 12.3. The Balaban J connectivity index is 2.71. The van der Waals surface area contributed by atoms with Crippen molar-refractivity contribution in [1.82, 2.24) is 5.32 Å². The zero-order valence-electron chi connectivity index (χ0n) is 8.69. The number of carbonyl (C=O) groups is 1. The first-order valence-electron chi connectivity index (χ1n) is 4.62. The molecule has 100 valence electrons. The number of nitrogens with one attached hydrogen (secondary N) is 1. The quantitative estimate of drug-likeness (QED) is 0.846. The molecule has 2 nitrogen and oxygen atoms in total. The number of hydrogen-bond acceptors (Lipinski definition) is 1. The van der Waals surface area contributed by atoms with E-state index in [0.29, 0.717) is 10.0 Å². The zero-order chi connectivity index (χ0) is 14.0. The predicted molar refractivity (Wildman–Crippen MR) is 57.0 cm³/mol. The van der Waals surface area contributed by atoms with Gasteiger partial charge in [-0.15, -0.1) is 0 Å². The number of alkyl halides is 5. The van der Waals surface area contributed by atoms with E-state index in [4.69, 9.17) is 0 Å². The minimum Gasteiger partial charge on any atom is -0.346 e. The second-order valence-electron chi connectivity index (χ2n) is 3.35. The molecule has 1 rings (SSSR count). The summed E-state index contributed by atoms with van der Waals surface area (Å²) >= 11 is 3.08. The van der Waals surface area contributed by atoms with Crippen LogP contribution in [-0.4, -0.2) is 18.0 Å². The highest BCUT2D eigenvalue weighted by Gasteiger charge is 2.63. The van der Waals surface area contributed by atoms with Crippen LogP contribution in [0.4, 0.5) is 22.0 Å². The van der Waals surface area contributed by atoms with Gasteiger partial charge in [0, 0.05) is 11.0 Å². The summed E-state index contributed by atoms with van der Waals surface area (Å²) in [5.74, 6) is -7.76. The maximum Gasteiger partial charge on any atom is 0.463 e. The number of halogens is 6. The molecule has 1 amide bonds. The molecule has 0 spiro atoms. The highest BCUT2D eigenvalue weighted by molar-refractivity contribution is 9.10. The van der Waals surface area contributed by atoms with E-state index in [1.165, 1.54) is 6.07 Å². The highest BCUT2D eigenvalue weighted by Crippen LogP contribution is 2.35. The van der Waals surface area contributed by atoms with E-state index in [1.54, 1.807) is 23.5 Å². The monoisotopic (exact) mass is 331 g/mol.